The van der Waals surface area contributed by atoms with Gasteiger partial charge >= 0.3 is 0 Å². The van der Waals surface area contributed by atoms with Crippen LogP contribution in [-0.2, 0) is 25.9 Å². The monoisotopic (exact) mass is 322 g/mol. The zero-order valence-electron chi connectivity index (χ0n) is 15.6. The van der Waals surface area contributed by atoms with Crippen molar-refractivity contribution in [2.45, 2.75) is 39.8 Å². The van der Waals surface area contributed by atoms with Crippen molar-refractivity contribution in [3.8, 4) is 0 Å². The summed E-state index contributed by atoms with van der Waals surface area (Å²) in [6.07, 6.45) is 2.16. The van der Waals surface area contributed by atoms with E-state index in [4.69, 9.17) is 0 Å². The fraction of sp³-hybridized carbons (Fsp3) is 0.455. The lowest BCUT2D eigenvalue weighted by atomic mass is 9.82. The van der Waals surface area contributed by atoms with E-state index < -0.39 is 0 Å². The Hall–Kier alpha value is -1.64. The molecule has 0 unspecified atom stereocenters. The molecule has 0 atom stereocenters. The van der Waals surface area contributed by atoms with Gasteiger partial charge in [-0.05, 0) is 73.4 Å². The molecule has 0 heterocycles. The van der Waals surface area contributed by atoms with E-state index in [1.54, 1.807) is 5.56 Å². The van der Waals surface area contributed by atoms with E-state index in [9.17, 15) is 0 Å². The van der Waals surface area contributed by atoms with Gasteiger partial charge in [0.15, 0.2) is 0 Å². The van der Waals surface area contributed by atoms with Gasteiger partial charge in [0.1, 0.15) is 0 Å². The summed E-state index contributed by atoms with van der Waals surface area (Å²) in [5.74, 6) is 0. The summed E-state index contributed by atoms with van der Waals surface area (Å²) in [5.41, 5.74) is 9.08. The normalized spacial score (nSPS) is 13.2. The Balaban J connectivity index is 1.98. The fourth-order valence-electron chi connectivity index (χ4n) is 3.83. The molecule has 0 bridgehead atoms. The van der Waals surface area contributed by atoms with Crippen LogP contribution in [-0.4, -0.2) is 37.0 Å². The van der Waals surface area contributed by atoms with Gasteiger partial charge in [0.2, 0.25) is 0 Å². The molecule has 24 heavy (non-hydrogen) atoms. The minimum Gasteiger partial charge on any atom is -0.305 e. The van der Waals surface area contributed by atoms with Crippen molar-refractivity contribution < 1.29 is 0 Å². The van der Waals surface area contributed by atoms with E-state index in [0.717, 1.165) is 39.0 Å². The van der Waals surface area contributed by atoms with Gasteiger partial charge < -0.3 is 4.90 Å². The molecule has 0 amide bonds. The molecule has 2 aromatic carbocycles. The highest BCUT2D eigenvalue weighted by Crippen LogP contribution is 2.31. The molecule has 0 saturated carbocycles. The Morgan fingerprint density at radius 3 is 2.12 bits per heavy atom. The number of fused-ring (bicyclic) bond motifs is 2. The second kappa shape index (κ2) is 7.50. The quantitative estimate of drug-likeness (QED) is 0.674. The average Bonchev–Trinajstić information content (AvgIpc) is 2.57. The van der Waals surface area contributed by atoms with E-state index in [2.05, 4.69) is 74.1 Å². The molecule has 3 rings (SSSR count). The van der Waals surface area contributed by atoms with Gasteiger partial charge in [0.05, 0.1) is 0 Å². The van der Waals surface area contributed by atoms with Crippen molar-refractivity contribution in [1.29, 1.82) is 0 Å². The van der Waals surface area contributed by atoms with Crippen molar-refractivity contribution in [2.24, 2.45) is 0 Å². The van der Waals surface area contributed by atoms with Crippen molar-refractivity contribution in [3.05, 3.63) is 69.8 Å². The van der Waals surface area contributed by atoms with Gasteiger partial charge in [0.25, 0.3) is 0 Å². The number of hydrogen-bond donors (Lipinski definition) is 0. The Bertz CT molecular complexity index is 699. The van der Waals surface area contributed by atoms with E-state index in [1.807, 2.05) is 0 Å². The second-order valence-corrected chi connectivity index (χ2v) is 7.21. The molecule has 2 heteroatoms. The lowest BCUT2D eigenvalue weighted by Gasteiger charge is -2.26. The first-order valence-electron chi connectivity index (χ1n) is 9.18. The maximum absolute atomic E-state index is 2.50. The van der Waals surface area contributed by atoms with E-state index in [-0.39, 0.29) is 0 Å². The van der Waals surface area contributed by atoms with Gasteiger partial charge in [-0.3, -0.25) is 4.90 Å². The van der Waals surface area contributed by atoms with Crippen molar-refractivity contribution in [3.63, 3.8) is 0 Å². The topological polar surface area (TPSA) is 6.48 Å². The molecule has 2 aromatic rings. The number of nitrogens with zero attached hydrogens (tertiary/aromatic N) is 2. The fourth-order valence-corrected chi connectivity index (χ4v) is 3.83. The van der Waals surface area contributed by atoms with Crippen molar-refractivity contribution >= 4 is 0 Å². The Kier molecular flexibility index (Phi) is 5.37. The lowest BCUT2D eigenvalue weighted by Crippen LogP contribution is -2.23. The molecule has 0 aliphatic heterocycles. The van der Waals surface area contributed by atoms with Gasteiger partial charge in [-0.15, -0.1) is 0 Å². The molecule has 0 aromatic heterocycles. The molecule has 2 nitrogen and oxygen atoms in total. The largest absolute Gasteiger partial charge is 0.305 e. The van der Waals surface area contributed by atoms with Crippen LogP contribution in [0.1, 0.15) is 47.2 Å². The van der Waals surface area contributed by atoms with Gasteiger partial charge in [-0.1, -0.05) is 50.2 Å². The van der Waals surface area contributed by atoms with Crippen LogP contribution in [0.4, 0.5) is 0 Å². The number of rotatable bonds is 6. The third-order valence-corrected chi connectivity index (χ3v) is 5.15. The van der Waals surface area contributed by atoms with Gasteiger partial charge in [0, 0.05) is 13.1 Å². The molecule has 0 N–H and O–H groups in total. The summed E-state index contributed by atoms with van der Waals surface area (Å²) in [4.78, 5) is 4.79. The zero-order chi connectivity index (χ0) is 17.1. The molecule has 0 spiro atoms. The molecule has 0 fully saturated rings. The van der Waals surface area contributed by atoms with Crippen LogP contribution in [0.2, 0.25) is 0 Å². The summed E-state index contributed by atoms with van der Waals surface area (Å²) in [7, 11) is 4.33. The van der Waals surface area contributed by atoms with E-state index in [1.165, 1.54) is 27.8 Å². The highest BCUT2D eigenvalue weighted by Gasteiger charge is 2.19. The predicted molar refractivity (Wildman–Crippen MR) is 103 cm³/mol. The minimum absolute atomic E-state index is 1.02. The maximum atomic E-state index is 2.50. The number of hydrogen-bond acceptors (Lipinski definition) is 2. The smallest absolute Gasteiger partial charge is 0.0233 e. The van der Waals surface area contributed by atoms with Crippen LogP contribution in [0.15, 0.2) is 36.4 Å². The van der Waals surface area contributed by atoms with E-state index in [0.29, 0.717) is 0 Å². The minimum atomic E-state index is 1.02. The predicted octanol–water partition coefficient (Wildman–Crippen LogP) is 4.09. The summed E-state index contributed by atoms with van der Waals surface area (Å²) >= 11 is 0. The van der Waals surface area contributed by atoms with Crippen LogP contribution in [0.5, 0.6) is 0 Å². The Morgan fingerprint density at radius 2 is 1.50 bits per heavy atom. The van der Waals surface area contributed by atoms with Gasteiger partial charge in [-0.2, -0.15) is 0 Å². The first kappa shape index (κ1) is 17.2. The van der Waals surface area contributed by atoms with Crippen LogP contribution in [0, 0.1) is 0 Å². The van der Waals surface area contributed by atoms with Crippen LogP contribution < -0.4 is 0 Å². The third kappa shape index (κ3) is 3.71. The third-order valence-electron chi connectivity index (χ3n) is 5.15. The van der Waals surface area contributed by atoms with Crippen molar-refractivity contribution in [2.75, 3.05) is 27.2 Å². The molecule has 128 valence electrons. The summed E-state index contributed by atoms with van der Waals surface area (Å²) in [6.45, 7) is 8.80. The zero-order valence-corrected chi connectivity index (χ0v) is 15.6. The molecule has 0 saturated heterocycles. The lowest BCUT2D eigenvalue weighted by molar-refractivity contribution is 0.295. The standard InChI is InChI=1S/C22H30N2/c1-5-24(6-2)15-17-11-20-13-18-9-7-8-10-19(18)14-22(20)21(12-17)16-23(3)4/h7-12H,5-6,13-16H2,1-4H3. The maximum Gasteiger partial charge on any atom is 0.0233 e. The van der Waals surface area contributed by atoms with Crippen LogP contribution in [0.25, 0.3) is 0 Å². The SMILES string of the molecule is CCN(CC)Cc1cc2c(c(CN(C)C)c1)Cc1ccccc1C2. The Morgan fingerprint density at radius 1 is 0.833 bits per heavy atom. The average molecular weight is 322 g/mol. The molecule has 1 aliphatic carbocycles. The Labute approximate surface area is 147 Å². The van der Waals surface area contributed by atoms with Crippen LogP contribution >= 0.6 is 0 Å². The molecular weight excluding hydrogens is 292 g/mol. The first-order valence-corrected chi connectivity index (χ1v) is 9.18. The van der Waals surface area contributed by atoms with Gasteiger partial charge in [-0.25, -0.2) is 0 Å². The second-order valence-electron chi connectivity index (χ2n) is 7.21. The first-order chi connectivity index (χ1) is 11.6. The molecule has 1 aliphatic rings. The molecule has 0 radical (unpaired) electrons. The summed E-state index contributed by atoms with van der Waals surface area (Å²) in [6, 6.07) is 13.8. The van der Waals surface area contributed by atoms with E-state index >= 15 is 0 Å². The van der Waals surface area contributed by atoms with Crippen LogP contribution in [0.3, 0.4) is 0 Å². The molecular formula is C22H30N2. The number of benzene rings is 2. The van der Waals surface area contributed by atoms with Crippen molar-refractivity contribution in [1.82, 2.24) is 9.80 Å². The highest BCUT2D eigenvalue weighted by molar-refractivity contribution is 5.50. The summed E-state index contributed by atoms with van der Waals surface area (Å²) in [5, 5.41) is 0. The summed E-state index contributed by atoms with van der Waals surface area (Å²) < 4.78 is 0. The highest BCUT2D eigenvalue weighted by atomic mass is 15.1.